The molecule has 2 rings (SSSR count). The lowest BCUT2D eigenvalue weighted by Gasteiger charge is -2.14. The summed E-state index contributed by atoms with van der Waals surface area (Å²) >= 11 is 0. The van der Waals surface area contributed by atoms with Crippen LogP contribution >= 0.6 is 0 Å². The fraction of sp³-hybridized carbons (Fsp3) is 0.235. The first kappa shape index (κ1) is 20.9. The molecule has 0 atom stereocenters. The van der Waals surface area contributed by atoms with Gasteiger partial charge in [0.1, 0.15) is 0 Å². The van der Waals surface area contributed by atoms with Crippen LogP contribution in [-0.2, 0) is 0 Å². The van der Waals surface area contributed by atoms with Crippen molar-refractivity contribution in [3.8, 4) is 23.0 Å². The third-order valence-corrected chi connectivity index (χ3v) is 3.28. The van der Waals surface area contributed by atoms with Crippen LogP contribution in [0, 0.1) is 0 Å². The Morgan fingerprint density at radius 3 is 1.46 bits per heavy atom. The molecular formula is C17H16F4N2O5. The normalized spacial score (nSPS) is 10.6. The number of halogens is 4. The van der Waals surface area contributed by atoms with Gasteiger partial charge in [0.2, 0.25) is 0 Å². The van der Waals surface area contributed by atoms with Crippen molar-refractivity contribution in [2.45, 2.75) is 13.2 Å². The molecule has 11 heteroatoms. The maximum absolute atomic E-state index is 12.3. The largest absolute Gasteiger partial charge is 0.493 e. The molecule has 0 aliphatic carbocycles. The summed E-state index contributed by atoms with van der Waals surface area (Å²) < 4.78 is 67.8. The predicted octanol–water partition coefficient (Wildman–Crippen LogP) is 4.55. The molecule has 0 saturated heterocycles. The summed E-state index contributed by atoms with van der Waals surface area (Å²) in [6.45, 7) is -6.05. The van der Waals surface area contributed by atoms with Crippen molar-refractivity contribution in [1.82, 2.24) is 0 Å². The molecule has 0 radical (unpaired) electrons. The predicted molar refractivity (Wildman–Crippen MR) is 91.9 cm³/mol. The second-order valence-corrected chi connectivity index (χ2v) is 5.07. The number of benzene rings is 2. The van der Waals surface area contributed by atoms with Gasteiger partial charge in [-0.2, -0.15) is 17.6 Å². The first-order chi connectivity index (χ1) is 13.3. The first-order valence-corrected chi connectivity index (χ1v) is 7.66. The lowest BCUT2D eigenvalue weighted by Crippen LogP contribution is -2.19. The van der Waals surface area contributed by atoms with Crippen molar-refractivity contribution in [1.29, 1.82) is 0 Å². The number of rotatable bonds is 8. The van der Waals surface area contributed by atoms with Crippen LogP contribution in [0.25, 0.3) is 0 Å². The van der Waals surface area contributed by atoms with Crippen LogP contribution in [0.15, 0.2) is 36.4 Å². The second kappa shape index (κ2) is 9.53. The first-order valence-electron chi connectivity index (χ1n) is 7.66. The van der Waals surface area contributed by atoms with E-state index in [1.165, 1.54) is 50.6 Å². The molecule has 0 spiro atoms. The van der Waals surface area contributed by atoms with Gasteiger partial charge >= 0.3 is 19.3 Å². The highest BCUT2D eigenvalue weighted by molar-refractivity contribution is 6.00. The number of anilines is 2. The molecule has 0 bridgehead atoms. The van der Waals surface area contributed by atoms with E-state index in [1.807, 2.05) is 0 Å². The van der Waals surface area contributed by atoms with Crippen LogP contribution in [0.4, 0.5) is 33.7 Å². The molecule has 2 amide bonds. The lowest BCUT2D eigenvalue weighted by molar-refractivity contribution is -0.0518. The molecule has 0 heterocycles. The number of carbonyl (C=O) groups excluding carboxylic acids is 1. The average Bonchev–Trinajstić information content (AvgIpc) is 2.63. The topological polar surface area (TPSA) is 78.1 Å². The van der Waals surface area contributed by atoms with Gasteiger partial charge in [-0.3, -0.25) is 0 Å². The molecule has 2 aromatic carbocycles. The molecule has 0 aliphatic heterocycles. The molecule has 2 aromatic rings. The van der Waals surface area contributed by atoms with Gasteiger partial charge in [-0.1, -0.05) is 0 Å². The fourth-order valence-electron chi connectivity index (χ4n) is 2.17. The van der Waals surface area contributed by atoms with E-state index in [-0.39, 0.29) is 34.4 Å². The Kier molecular flexibility index (Phi) is 7.13. The van der Waals surface area contributed by atoms with Crippen molar-refractivity contribution < 1.29 is 41.3 Å². The molecule has 0 unspecified atom stereocenters. The van der Waals surface area contributed by atoms with E-state index in [2.05, 4.69) is 20.1 Å². The van der Waals surface area contributed by atoms with Crippen LogP contribution in [0.2, 0.25) is 0 Å². The summed E-state index contributed by atoms with van der Waals surface area (Å²) in [5, 5.41) is 4.93. The number of carbonyl (C=O) groups is 1. The number of ether oxygens (including phenoxy) is 4. The van der Waals surface area contributed by atoms with E-state index in [0.717, 1.165) is 0 Å². The quantitative estimate of drug-likeness (QED) is 0.631. The van der Waals surface area contributed by atoms with Gasteiger partial charge in [0.15, 0.2) is 23.0 Å². The van der Waals surface area contributed by atoms with Gasteiger partial charge in [0.05, 0.1) is 14.2 Å². The number of alkyl halides is 4. The summed E-state index contributed by atoms with van der Waals surface area (Å²) in [6, 6.07) is 6.98. The Morgan fingerprint density at radius 2 is 1.14 bits per heavy atom. The summed E-state index contributed by atoms with van der Waals surface area (Å²) in [6.07, 6.45) is 0. The van der Waals surface area contributed by atoms with Gasteiger partial charge in [0.25, 0.3) is 0 Å². The molecule has 0 aromatic heterocycles. The highest BCUT2D eigenvalue weighted by Crippen LogP contribution is 2.33. The number of amides is 2. The van der Waals surface area contributed by atoms with Gasteiger partial charge in [-0.25, -0.2) is 4.79 Å². The number of nitrogens with one attached hydrogen (secondary N) is 2. The summed E-state index contributed by atoms with van der Waals surface area (Å²) in [5.41, 5.74) is 0.473. The summed E-state index contributed by atoms with van der Waals surface area (Å²) in [4.78, 5) is 12.1. The van der Waals surface area contributed by atoms with Crippen molar-refractivity contribution >= 4 is 17.4 Å². The Hall–Kier alpha value is -3.37. The van der Waals surface area contributed by atoms with E-state index in [4.69, 9.17) is 9.47 Å². The van der Waals surface area contributed by atoms with E-state index in [0.29, 0.717) is 0 Å². The number of hydrogen-bond acceptors (Lipinski definition) is 5. The second-order valence-electron chi connectivity index (χ2n) is 5.07. The molecular weight excluding hydrogens is 388 g/mol. The molecule has 0 aliphatic rings. The van der Waals surface area contributed by atoms with Crippen LogP contribution in [-0.4, -0.2) is 33.5 Å². The molecule has 0 fully saturated rings. The van der Waals surface area contributed by atoms with Crippen LogP contribution < -0.4 is 29.6 Å². The minimum absolute atomic E-state index is 0.00623. The number of methoxy groups -OCH3 is 2. The lowest BCUT2D eigenvalue weighted by atomic mass is 10.2. The van der Waals surface area contributed by atoms with Crippen molar-refractivity contribution in [2.75, 3.05) is 24.9 Å². The Labute approximate surface area is 157 Å². The Morgan fingerprint density at radius 1 is 0.750 bits per heavy atom. The number of urea groups is 1. The van der Waals surface area contributed by atoms with E-state index >= 15 is 0 Å². The van der Waals surface area contributed by atoms with Crippen LogP contribution in [0.5, 0.6) is 23.0 Å². The minimum Gasteiger partial charge on any atom is -0.493 e. The Bertz CT molecular complexity index is 755. The van der Waals surface area contributed by atoms with E-state index < -0.39 is 19.3 Å². The SMILES string of the molecule is COc1cc(NC(=O)Nc2ccc(OC(F)F)c(OC)c2)ccc1OC(F)F. The highest BCUT2D eigenvalue weighted by atomic mass is 19.3. The zero-order chi connectivity index (χ0) is 20.7. The Balaban J connectivity index is 2.07. The fourth-order valence-corrected chi connectivity index (χ4v) is 2.17. The number of hydrogen-bond donors (Lipinski definition) is 2. The van der Waals surface area contributed by atoms with E-state index in [9.17, 15) is 22.4 Å². The minimum atomic E-state index is -3.02. The third kappa shape index (κ3) is 5.83. The zero-order valence-electron chi connectivity index (χ0n) is 14.7. The molecule has 28 heavy (non-hydrogen) atoms. The van der Waals surface area contributed by atoms with Crippen LogP contribution in [0.3, 0.4) is 0 Å². The smallest absolute Gasteiger partial charge is 0.387 e. The molecule has 7 nitrogen and oxygen atoms in total. The maximum Gasteiger partial charge on any atom is 0.387 e. The van der Waals surface area contributed by atoms with E-state index in [1.54, 1.807) is 0 Å². The standard InChI is InChI=1S/C17H16F4N2O5/c1-25-13-7-9(3-5-11(13)27-15(18)19)22-17(24)23-10-4-6-12(28-16(20)21)14(8-10)26-2/h3-8,15-16H,1-2H3,(H2,22,23,24). The van der Waals surface area contributed by atoms with Crippen molar-refractivity contribution in [3.05, 3.63) is 36.4 Å². The molecule has 0 saturated carbocycles. The maximum atomic E-state index is 12.3. The third-order valence-electron chi connectivity index (χ3n) is 3.28. The van der Waals surface area contributed by atoms with Gasteiger partial charge in [0, 0.05) is 23.5 Å². The van der Waals surface area contributed by atoms with Crippen molar-refractivity contribution in [3.63, 3.8) is 0 Å². The monoisotopic (exact) mass is 404 g/mol. The molecule has 152 valence electrons. The zero-order valence-corrected chi connectivity index (χ0v) is 14.7. The van der Waals surface area contributed by atoms with Gasteiger partial charge in [-0.05, 0) is 24.3 Å². The summed E-state index contributed by atoms with van der Waals surface area (Å²) in [7, 11) is 2.51. The van der Waals surface area contributed by atoms with Crippen LogP contribution in [0.1, 0.15) is 0 Å². The van der Waals surface area contributed by atoms with Gasteiger partial charge in [-0.15, -0.1) is 0 Å². The van der Waals surface area contributed by atoms with Crippen molar-refractivity contribution in [2.24, 2.45) is 0 Å². The average molecular weight is 404 g/mol. The van der Waals surface area contributed by atoms with Gasteiger partial charge < -0.3 is 29.6 Å². The molecule has 2 N–H and O–H groups in total. The highest BCUT2D eigenvalue weighted by Gasteiger charge is 2.14. The summed E-state index contributed by atoms with van der Waals surface area (Å²) in [5.74, 6) is -0.396.